The van der Waals surface area contributed by atoms with Gasteiger partial charge in [0.15, 0.2) is 0 Å². The van der Waals surface area contributed by atoms with E-state index in [4.69, 9.17) is 74.4 Å². The number of hydrogen-bond acceptors (Lipinski definition) is 11. The monoisotopic (exact) mass is 615 g/mol. The molecule has 1 amide bonds. The van der Waals surface area contributed by atoms with Crippen LogP contribution < -0.4 is 5.32 Å². The zero-order valence-corrected chi connectivity index (χ0v) is 24.1. The third-order valence-electron chi connectivity index (χ3n) is 3.83. The molecule has 0 rings (SSSR count). The first-order valence-corrected chi connectivity index (χ1v) is 12.9. The fourth-order valence-electron chi connectivity index (χ4n) is 2.12. The van der Waals surface area contributed by atoms with Gasteiger partial charge in [-0.25, -0.2) is 9.59 Å². The van der Waals surface area contributed by atoms with Crippen LogP contribution >= 0.6 is 46.9 Å². The van der Waals surface area contributed by atoms with Crippen molar-refractivity contribution in [3.05, 3.63) is 0 Å². The van der Waals surface area contributed by atoms with Gasteiger partial charge in [0.2, 0.25) is 3.79 Å². The number of carbonyl (C=O) groups excluding carboxylic acids is 1. The standard InChI is InChI=1S/C20H37Cl3N2O10.BHS/c1-25(4-7-31-10-13-33-14-15-34-16-18(26)27)3-6-30-9-12-32-11-8-29-5-2-24-19(28)35-17-20(21,22)23;1-2/h2-17H2,1H3,(H,24,28)(H,26,27);1H/i;1D. The summed E-state index contributed by atoms with van der Waals surface area (Å²) >= 11 is 20.3. The Bertz CT molecular complexity index is 590. The van der Waals surface area contributed by atoms with Gasteiger partial charge in [-0.3, -0.25) is 0 Å². The molecule has 0 atom stereocenters. The van der Waals surface area contributed by atoms with Crippen molar-refractivity contribution in [3.63, 3.8) is 0 Å². The molecular formula is C20H38BCl3N2O10S. The van der Waals surface area contributed by atoms with Gasteiger partial charge >= 0.3 is 32.1 Å². The number of nitrogens with one attached hydrogen (secondary N) is 1. The van der Waals surface area contributed by atoms with E-state index in [-0.39, 0.29) is 26.4 Å². The predicted octanol–water partition coefficient (Wildman–Crippen LogP) is 1.20. The van der Waals surface area contributed by atoms with Crippen molar-refractivity contribution in [2.24, 2.45) is 0 Å². The molecule has 0 saturated heterocycles. The van der Waals surface area contributed by atoms with Crippen LogP contribution in [0.3, 0.4) is 0 Å². The van der Waals surface area contributed by atoms with Crippen LogP contribution in [0.5, 0.6) is 0 Å². The molecule has 0 aromatic heterocycles. The van der Waals surface area contributed by atoms with E-state index < -0.39 is 15.9 Å². The van der Waals surface area contributed by atoms with E-state index in [1.807, 2.05) is 7.05 Å². The number of carboxylic acid groups (broad SMARTS) is 1. The Labute approximate surface area is 241 Å². The Morgan fingerprint density at radius 1 is 0.865 bits per heavy atom. The third kappa shape index (κ3) is 35.6. The van der Waals surface area contributed by atoms with Gasteiger partial charge < -0.3 is 48.5 Å². The zero-order valence-electron chi connectivity index (χ0n) is 22.0. The molecule has 0 radical (unpaired) electrons. The topological polar surface area (TPSA) is 134 Å². The van der Waals surface area contributed by atoms with Gasteiger partial charge in [-0.05, 0) is 7.05 Å². The number of ether oxygens (including phenoxy) is 7. The Balaban J connectivity index is 0. The van der Waals surface area contributed by atoms with Gasteiger partial charge in [0.05, 0.1) is 72.7 Å². The molecule has 37 heavy (non-hydrogen) atoms. The fraction of sp³-hybridized carbons (Fsp3) is 0.900. The molecule has 0 aliphatic rings. The number of nitrogens with zero attached hydrogens (tertiary/aromatic N) is 1. The van der Waals surface area contributed by atoms with Gasteiger partial charge in [0.25, 0.3) is 0 Å². The van der Waals surface area contributed by atoms with Crippen LogP contribution in [0, 0.1) is 0 Å². The van der Waals surface area contributed by atoms with Crippen molar-refractivity contribution in [2.45, 2.75) is 3.79 Å². The molecule has 0 aliphatic carbocycles. The van der Waals surface area contributed by atoms with Crippen LogP contribution in [-0.2, 0) is 38.0 Å². The zero-order chi connectivity index (χ0) is 28.9. The summed E-state index contributed by atoms with van der Waals surface area (Å²) in [4.78, 5) is 23.6. The maximum atomic E-state index is 11.3. The molecule has 0 heterocycles. The molecule has 0 aliphatic heterocycles. The molecule has 0 spiro atoms. The minimum atomic E-state index is -1.64. The van der Waals surface area contributed by atoms with Crippen LogP contribution in [0.1, 0.15) is 0 Å². The summed E-state index contributed by atoms with van der Waals surface area (Å²) in [5, 5.41) is 10.9. The summed E-state index contributed by atoms with van der Waals surface area (Å²) in [6.45, 7) is 6.64. The van der Waals surface area contributed by atoms with Gasteiger partial charge in [-0.2, -0.15) is 0 Å². The molecule has 0 fully saturated rings. The van der Waals surface area contributed by atoms with E-state index in [9.17, 15) is 9.59 Å². The fourth-order valence-corrected chi connectivity index (χ4v) is 2.28. The quantitative estimate of drug-likeness (QED) is 0.0917. The van der Waals surface area contributed by atoms with Gasteiger partial charge in [-0.1, -0.05) is 34.8 Å². The van der Waals surface area contributed by atoms with Gasteiger partial charge in [-0.15, -0.1) is 0 Å². The number of alkyl halides is 3. The van der Waals surface area contributed by atoms with E-state index in [2.05, 4.69) is 22.3 Å². The minimum absolute atomic E-state index is 0.244. The molecule has 0 bridgehead atoms. The molecule has 0 unspecified atom stereocenters. The number of carboxylic acids is 1. The number of hydrogen-bond donors (Lipinski definition) is 2. The summed E-state index contributed by atoms with van der Waals surface area (Å²) in [6, 6.07) is 0. The first-order chi connectivity index (χ1) is 18.1. The molecule has 0 aromatic rings. The SMILES string of the molecule is CN(CCOCCOCCOCCNC(=O)OCC(Cl)(Cl)Cl)CCOCCOCCOCC(=O)O.[2H]B=S. The molecule has 2 N–H and O–H groups in total. The predicted molar refractivity (Wildman–Crippen MR) is 144 cm³/mol. The Hall–Kier alpha value is -0.385. The van der Waals surface area contributed by atoms with Crippen molar-refractivity contribution in [1.82, 2.24) is 10.2 Å². The molecule has 0 aromatic carbocycles. The van der Waals surface area contributed by atoms with Crippen molar-refractivity contribution in [1.29, 1.82) is 1.34 Å². The van der Waals surface area contributed by atoms with Crippen molar-refractivity contribution in [2.75, 3.05) is 113 Å². The Morgan fingerprint density at radius 3 is 1.70 bits per heavy atom. The molecule has 12 nitrogen and oxygen atoms in total. The summed E-state index contributed by atoms with van der Waals surface area (Å²) in [5.41, 5.74) is 0. The first-order valence-electron chi connectivity index (χ1n) is 11.9. The number of carbonyl (C=O) groups is 2. The van der Waals surface area contributed by atoms with Crippen LogP contribution in [0.25, 0.3) is 0 Å². The van der Waals surface area contributed by atoms with Crippen molar-refractivity contribution >= 4 is 65.6 Å². The normalized spacial score (nSPS) is 11.3. The number of aliphatic carboxylic acids is 1. The Kier molecular flexibility index (Phi) is 28.3. The van der Waals surface area contributed by atoms with Gasteiger partial charge in [0.1, 0.15) is 13.2 Å². The average molecular weight is 617 g/mol. The second kappa shape index (κ2) is 28.6. The number of halogens is 3. The average Bonchev–Trinajstić information content (AvgIpc) is 2.84. The number of alkyl carbamates (subject to hydrolysis) is 1. The van der Waals surface area contributed by atoms with E-state index in [1.54, 1.807) is 0 Å². The van der Waals surface area contributed by atoms with Crippen LogP contribution in [0.4, 0.5) is 4.79 Å². The van der Waals surface area contributed by atoms with Crippen LogP contribution in [-0.4, -0.2) is 146 Å². The summed E-state index contributed by atoms with van der Waals surface area (Å²) in [7, 11) is 1.98. The van der Waals surface area contributed by atoms with Crippen LogP contribution in [0.15, 0.2) is 0 Å². The van der Waals surface area contributed by atoms with Crippen molar-refractivity contribution in [3.8, 4) is 0 Å². The summed E-state index contributed by atoms with van der Waals surface area (Å²) in [5.74, 6) is -0.997. The third-order valence-corrected chi connectivity index (χ3v) is 4.16. The van der Waals surface area contributed by atoms with E-state index in [0.29, 0.717) is 66.1 Å². The first kappa shape index (κ1) is 36.6. The summed E-state index contributed by atoms with van der Waals surface area (Å²) in [6.07, 6.45) is -0.685. The maximum absolute atomic E-state index is 11.3. The number of rotatable bonds is 24. The number of likely N-dealkylation sites (N-methyl/N-ethyl adjacent to an activating group) is 1. The molecule has 0 saturated carbocycles. The van der Waals surface area contributed by atoms with E-state index in [1.165, 1.54) is 0 Å². The van der Waals surface area contributed by atoms with Crippen molar-refractivity contribution < 1.29 is 47.9 Å². The molecular weight excluding hydrogens is 577 g/mol. The van der Waals surface area contributed by atoms with Gasteiger partial charge in [0, 0.05) is 19.6 Å². The van der Waals surface area contributed by atoms with E-state index >= 15 is 0 Å². The number of amides is 1. The molecule has 218 valence electrons. The van der Waals surface area contributed by atoms with E-state index in [0.717, 1.165) is 19.8 Å². The Morgan fingerprint density at radius 2 is 1.27 bits per heavy atom. The molecule has 17 heteroatoms. The second-order valence-corrected chi connectivity index (χ2v) is 9.45. The second-order valence-electron chi connectivity index (χ2n) is 6.93. The summed E-state index contributed by atoms with van der Waals surface area (Å²) < 4.78 is 40.8. The van der Waals surface area contributed by atoms with Crippen LogP contribution in [0.2, 0.25) is 0 Å².